The van der Waals surface area contributed by atoms with Crippen molar-refractivity contribution in [1.29, 1.82) is 0 Å². The first kappa shape index (κ1) is 16.8. The van der Waals surface area contributed by atoms with E-state index < -0.39 is 0 Å². The Morgan fingerprint density at radius 3 is 2.96 bits per heavy atom. The number of hydrogen-bond acceptors (Lipinski definition) is 6. The minimum absolute atomic E-state index is 0.0598. The first-order chi connectivity index (χ1) is 13.3. The van der Waals surface area contributed by atoms with E-state index in [1.807, 2.05) is 10.8 Å². The number of hydrogen-bond donors (Lipinski definition) is 0. The molecule has 2 aliphatic rings. The van der Waals surface area contributed by atoms with E-state index in [1.54, 1.807) is 40.7 Å². The van der Waals surface area contributed by atoms with Gasteiger partial charge in [-0.3, -0.25) is 14.3 Å². The highest BCUT2D eigenvalue weighted by Crippen LogP contribution is 2.41. The van der Waals surface area contributed by atoms with Crippen LogP contribution in [0.3, 0.4) is 0 Å². The number of aromatic nitrogens is 5. The summed E-state index contributed by atoms with van der Waals surface area (Å²) in [5, 5.41) is 8.04. The average molecular weight is 382 g/mol. The van der Waals surface area contributed by atoms with Crippen LogP contribution in [0.1, 0.15) is 42.3 Å². The van der Waals surface area contributed by atoms with Gasteiger partial charge in [0.1, 0.15) is 6.33 Å². The standard InChI is InChI=1S/C19H22N6OS/c26-18-6-5-17(24-9-7-20-13-24)22-25(18)11-16-2-1-8-23(16)10-15-12-27-19(21-15)14-3-4-14/h5-7,9,12-14,16H,1-4,8,10-11H2. The van der Waals surface area contributed by atoms with Crippen LogP contribution in [0.15, 0.2) is 41.0 Å². The van der Waals surface area contributed by atoms with Crippen molar-refractivity contribution in [3.63, 3.8) is 0 Å². The third-order valence-electron chi connectivity index (χ3n) is 5.37. The lowest BCUT2D eigenvalue weighted by molar-refractivity contribution is 0.214. The van der Waals surface area contributed by atoms with Gasteiger partial charge in [0.2, 0.25) is 0 Å². The Balaban J connectivity index is 1.31. The maximum atomic E-state index is 12.3. The van der Waals surface area contributed by atoms with Crippen molar-refractivity contribution in [3.05, 3.63) is 57.3 Å². The van der Waals surface area contributed by atoms with Crippen LogP contribution in [0, 0.1) is 0 Å². The fourth-order valence-electron chi connectivity index (χ4n) is 3.73. The quantitative estimate of drug-likeness (QED) is 0.655. The Labute approximate surface area is 161 Å². The normalized spacial score (nSPS) is 20.4. The van der Waals surface area contributed by atoms with Gasteiger partial charge in [0.05, 0.1) is 17.2 Å². The van der Waals surface area contributed by atoms with Gasteiger partial charge in [-0.1, -0.05) is 0 Å². The minimum atomic E-state index is -0.0598. The molecule has 140 valence electrons. The minimum Gasteiger partial charge on any atom is -0.293 e. The molecule has 5 rings (SSSR count). The first-order valence-electron chi connectivity index (χ1n) is 9.51. The molecule has 0 N–H and O–H groups in total. The topological polar surface area (TPSA) is 68.8 Å². The van der Waals surface area contributed by atoms with Gasteiger partial charge in [-0.15, -0.1) is 11.3 Å². The molecule has 27 heavy (non-hydrogen) atoms. The molecular formula is C19H22N6OS. The van der Waals surface area contributed by atoms with Crippen LogP contribution in [0.2, 0.25) is 0 Å². The fraction of sp³-hybridized carbons (Fsp3) is 0.474. The summed E-state index contributed by atoms with van der Waals surface area (Å²) in [6.45, 7) is 2.53. The highest BCUT2D eigenvalue weighted by atomic mass is 32.1. The van der Waals surface area contributed by atoms with Crippen LogP contribution >= 0.6 is 11.3 Å². The zero-order valence-corrected chi connectivity index (χ0v) is 15.9. The largest absolute Gasteiger partial charge is 0.293 e. The molecule has 8 heteroatoms. The van der Waals surface area contributed by atoms with Crippen LogP contribution in [0.4, 0.5) is 0 Å². The van der Waals surface area contributed by atoms with Crippen molar-refractivity contribution in [2.75, 3.05) is 6.54 Å². The van der Waals surface area contributed by atoms with Gasteiger partial charge in [-0.2, -0.15) is 5.10 Å². The Hall–Kier alpha value is -2.32. The molecule has 3 aromatic heterocycles. The molecule has 0 aromatic carbocycles. The molecule has 2 fully saturated rings. The lowest BCUT2D eigenvalue weighted by Gasteiger charge is -2.24. The van der Waals surface area contributed by atoms with Crippen molar-refractivity contribution in [3.8, 4) is 5.82 Å². The fourth-order valence-corrected chi connectivity index (χ4v) is 4.71. The second kappa shape index (κ2) is 7.01. The van der Waals surface area contributed by atoms with Crippen LogP contribution in [0.25, 0.3) is 5.82 Å². The molecule has 0 amide bonds. The van der Waals surface area contributed by atoms with Gasteiger partial charge in [0.15, 0.2) is 5.82 Å². The van der Waals surface area contributed by atoms with Crippen molar-refractivity contribution in [1.82, 2.24) is 29.2 Å². The number of thiazole rings is 1. The SMILES string of the molecule is O=c1ccc(-n2ccnc2)nn1CC1CCCN1Cc1csc(C2CC2)n1. The van der Waals surface area contributed by atoms with Crippen LogP contribution in [-0.4, -0.2) is 41.8 Å². The monoisotopic (exact) mass is 382 g/mol. The molecular weight excluding hydrogens is 360 g/mol. The van der Waals surface area contributed by atoms with Crippen molar-refractivity contribution >= 4 is 11.3 Å². The first-order valence-corrected chi connectivity index (χ1v) is 10.4. The average Bonchev–Trinajstić information content (AvgIpc) is 3.07. The van der Waals surface area contributed by atoms with E-state index >= 15 is 0 Å². The van der Waals surface area contributed by atoms with Gasteiger partial charge in [-0.05, 0) is 38.3 Å². The molecule has 1 unspecified atom stereocenters. The summed E-state index contributed by atoms with van der Waals surface area (Å²) < 4.78 is 3.41. The zero-order chi connectivity index (χ0) is 18.2. The number of nitrogens with zero attached hydrogens (tertiary/aromatic N) is 6. The van der Waals surface area contributed by atoms with Gasteiger partial charge in [-0.25, -0.2) is 14.6 Å². The Kier molecular flexibility index (Phi) is 4.37. The van der Waals surface area contributed by atoms with Crippen molar-refractivity contribution in [2.24, 2.45) is 0 Å². The van der Waals surface area contributed by atoms with E-state index in [4.69, 9.17) is 4.98 Å². The molecule has 3 aromatic rings. The zero-order valence-electron chi connectivity index (χ0n) is 15.1. The predicted octanol–water partition coefficient (Wildman–Crippen LogP) is 2.43. The summed E-state index contributed by atoms with van der Waals surface area (Å²) in [7, 11) is 0. The van der Waals surface area contributed by atoms with Gasteiger partial charge in [0, 0.05) is 42.3 Å². The highest BCUT2D eigenvalue weighted by Gasteiger charge is 2.29. The van der Waals surface area contributed by atoms with Crippen LogP contribution in [0.5, 0.6) is 0 Å². The molecule has 0 bridgehead atoms. The van der Waals surface area contributed by atoms with Crippen LogP contribution < -0.4 is 5.56 Å². The summed E-state index contributed by atoms with van der Waals surface area (Å²) in [5.74, 6) is 1.43. The number of imidazole rings is 1. The molecule has 0 radical (unpaired) electrons. The highest BCUT2D eigenvalue weighted by molar-refractivity contribution is 7.09. The second-order valence-electron chi connectivity index (χ2n) is 7.40. The molecule has 1 aliphatic carbocycles. The maximum Gasteiger partial charge on any atom is 0.266 e. The summed E-state index contributed by atoms with van der Waals surface area (Å²) >= 11 is 1.80. The van der Waals surface area contributed by atoms with Gasteiger partial charge >= 0.3 is 0 Å². The Morgan fingerprint density at radius 1 is 1.22 bits per heavy atom. The molecule has 0 spiro atoms. The molecule has 7 nitrogen and oxygen atoms in total. The lowest BCUT2D eigenvalue weighted by atomic mass is 10.2. The molecule has 1 aliphatic heterocycles. The summed E-state index contributed by atoms with van der Waals surface area (Å²) in [6, 6.07) is 3.64. The molecule has 4 heterocycles. The molecule has 1 saturated heterocycles. The third-order valence-corrected chi connectivity index (χ3v) is 6.42. The van der Waals surface area contributed by atoms with E-state index in [0.29, 0.717) is 24.3 Å². The Bertz CT molecular complexity index is 974. The maximum absolute atomic E-state index is 12.3. The lowest BCUT2D eigenvalue weighted by Crippen LogP contribution is -2.37. The van der Waals surface area contributed by atoms with Crippen LogP contribution in [-0.2, 0) is 13.1 Å². The summed E-state index contributed by atoms with van der Waals surface area (Å²) in [5.41, 5.74) is 1.11. The second-order valence-corrected chi connectivity index (χ2v) is 8.29. The molecule has 1 saturated carbocycles. The Morgan fingerprint density at radius 2 is 2.15 bits per heavy atom. The van der Waals surface area contributed by atoms with Gasteiger partial charge < -0.3 is 0 Å². The predicted molar refractivity (Wildman–Crippen MR) is 103 cm³/mol. The molecule has 1 atom stereocenters. The van der Waals surface area contributed by atoms with Gasteiger partial charge in [0.25, 0.3) is 5.56 Å². The van der Waals surface area contributed by atoms with E-state index in [9.17, 15) is 4.79 Å². The van der Waals surface area contributed by atoms with Crippen molar-refractivity contribution in [2.45, 2.75) is 50.7 Å². The number of likely N-dealkylation sites (tertiary alicyclic amines) is 1. The van der Waals surface area contributed by atoms with E-state index in [0.717, 1.165) is 25.9 Å². The number of rotatable bonds is 6. The van der Waals surface area contributed by atoms with E-state index in [1.165, 1.54) is 23.5 Å². The van der Waals surface area contributed by atoms with E-state index in [-0.39, 0.29) is 5.56 Å². The smallest absolute Gasteiger partial charge is 0.266 e. The summed E-state index contributed by atoms with van der Waals surface area (Å²) in [6.07, 6.45) is 10.1. The third kappa shape index (κ3) is 3.59. The van der Waals surface area contributed by atoms with Crippen molar-refractivity contribution < 1.29 is 0 Å². The van der Waals surface area contributed by atoms with E-state index in [2.05, 4.69) is 20.4 Å². The summed E-state index contributed by atoms with van der Waals surface area (Å²) in [4.78, 5) is 23.7.